The molecule has 1 aliphatic rings. The summed E-state index contributed by atoms with van der Waals surface area (Å²) >= 11 is 6.18. The minimum absolute atomic E-state index is 0.00547. The fourth-order valence-corrected chi connectivity index (χ4v) is 3.45. The van der Waals surface area contributed by atoms with Crippen LogP contribution in [0.2, 0.25) is 5.02 Å². The molecule has 27 heavy (non-hydrogen) atoms. The maximum Gasteiger partial charge on any atom is 0.224 e. The largest absolute Gasteiger partial charge is 0.497 e. The second-order valence-electron chi connectivity index (χ2n) is 7.00. The van der Waals surface area contributed by atoms with E-state index in [1.54, 1.807) is 7.11 Å². The molecule has 0 aliphatic carbocycles. The Morgan fingerprint density at radius 2 is 1.89 bits per heavy atom. The van der Waals surface area contributed by atoms with Gasteiger partial charge in [-0.3, -0.25) is 4.79 Å². The van der Waals surface area contributed by atoms with Crippen LogP contribution in [0.4, 0.5) is 11.4 Å². The van der Waals surface area contributed by atoms with Gasteiger partial charge in [0.15, 0.2) is 0 Å². The van der Waals surface area contributed by atoms with Crippen LogP contribution in [-0.4, -0.2) is 46.2 Å². The molecule has 0 unspecified atom stereocenters. The molecular formula is C21H27ClN3O2+. The smallest absolute Gasteiger partial charge is 0.224 e. The predicted molar refractivity (Wildman–Crippen MR) is 110 cm³/mol. The van der Waals surface area contributed by atoms with Crippen molar-refractivity contribution in [2.24, 2.45) is 0 Å². The highest BCUT2D eigenvalue weighted by atomic mass is 35.5. The zero-order valence-corrected chi connectivity index (χ0v) is 16.7. The first kappa shape index (κ1) is 19.5. The molecule has 1 fully saturated rings. The molecule has 144 valence electrons. The Labute approximate surface area is 165 Å². The number of aryl methyl sites for hydroxylation is 1. The summed E-state index contributed by atoms with van der Waals surface area (Å²) in [6.07, 6.45) is 1.11. The highest BCUT2D eigenvalue weighted by molar-refractivity contribution is 6.31. The minimum Gasteiger partial charge on any atom is -0.497 e. The van der Waals surface area contributed by atoms with Crippen LogP contribution in [0.1, 0.15) is 12.0 Å². The van der Waals surface area contributed by atoms with E-state index in [0.717, 1.165) is 48.9 Å². The Morgan fingerprint density at radius 3 is 2.56 bits per heavy atom. The van der Waals surface area contributed by atoms with Crippen molar-refractivity contribution >= 4 is 28.9 Å². The van der Waals surface area contributed by atoms with E-state index < -0.39 is 0 Å². The number of methoxy groups -OCH3 is 1. The molecular weight excluding hydrogens is 362 g/mol. The minimum atomic E-state index is -0.00547. The van der Waals surface area contributed by atoms with Gasteiger partial charge in [-0.25, -0.2) is 0 Å². The van der Waals surface area contributed by atoms with Gasteiger partial charge in [0, 0.05) is 11.4 Å². The number of carbonyl (C=O) groups is 1. The van der Waals surface area contributed by atoms with Crippen molar-refractivity contribution in [3.63, 3.8) is 0 Å². The Kier molecular flexibility index (Phi) is 6.58. The monoisotopic (exact) mass is 388 g/mol. The van der Waals surface area contributed by atoms with Crippen LogP contribution in [0.15, 0.2) is 42.5 Å². The van der Waals surface area contributed by atoms with Crippen molar-refractivity contribution in [2.75, 3.05) is 50.6 Å². The van der Waals surface area contributed by atoms with Crippen LogP contribution >= 0.6 is 11.6 Å². The number of benzene rings is 2. The van der Waals surface area contributed by atoms with Crippen LogP contribution in [-0.2, 0) is 11.2 Å². The highest BCUT2D eigenvalue weighted by Gasteiger charge is 2.20. The van der Waals surface area contributed by atoms with Crippen LogP contribution in [0.25, 0.3) is 0 Å². The van der Waals surface area contributed by atoms with Gasteiger partial charge in [0.2, 0.25) is 5.91 Å². The summed E-state index contributed by atoms with van der Waals surface area (Å²) in [6.45, 7) is 4.13. The lowest BCUT2D eigenvalue weighted by molar-refractivity contribution is -0.880. The van der Waals surface area contributed by atoms with Crippen LogP contribution in [0, 0.1) is 0 Å². The van der Waals surface area contributed by atoms with Crippen molar-refractivity contribution in [1.29, 1.82) is 0 Å². The number of anilines is 2. The molecule has 2 aromatic carbocycles. The van der Waals surface area contributed by atoms with Crippen molar-refractivity contribution in [3.05, 3.63) is 53.1 Å². The van der Waals surface area contributed by atoms with Crippen LogP contribution in [0.3, 0.4) is 0 Å². The molecule has 0 spiro atoms. The summed E-state index contributed by atoms with van der Waals surface area (Å²) < 4.78 is 5.16. The van der Waals surface area contributed by atoms with Gasteiger partial charge in [-0.2, -0.15) is 0 Å². The number of likely N-dealkylation sites (N-methyl/N-ethyl adjacent to an activating group) is 1. The number of nitrogens with zero attached hydrogens (tertiary/aromatic N) is 1. The summed E-state index contributed by atoms with van der Waals surface area (Å²) in [5.41, 5.74) is 2.95. The second-order valence-corrected chi connectivity index (χ2v) is 7.44. The third-order valence-corrected chi connectivity index (χ3v) is 5.23. The Bertz CT molecular complexity index is 771. The summed E-state index contributed by atoms with van der Waals surface area (Å²) in [5, 5.41) is 3.68. The van der Waals surface area contributed by atoms with Gasteiger partial charge >= 0.3 is 0 Å². The van der Waals surface area contributed by atoms with Crippen molar-refractivity contribution < 1.29 is 14.4 Å². The maximum atomic E-state index is 12.5. The first-order valence-corrected chi connectivity index (χ1v) is 9.71. The van der Waals surface area contributed by atoms with E-state index in [1.807, 2.05) is 42.5 Å². The first-order chi connectivity index (χ1) is 13.0. The molecule has 1 saturated heterocycles. The number of hydrogen-bond acceptors (Lipinski definition) is 3. The number of nitrogens with one attached hydrogen (secondary N) is 2. The van der Waals surface area contributed by atoms with E-state index in [2.05, 4.69) is 17.3 Å². The molecule has 1 amide bonds. The summed E-state index contributed by atoms with van der Waals surface area (Å²) in [4.78, 5) is 16.4. The second kappa shape index (κ2) is 9.11. The van der Waals surface area contributed by atoms with E-state index in [4.69, 9.17) is 16.3 Å². The molecule has 2 N–H and O–H groups in total. The van der Waals surface area contributed by atoms with Crippen molar-refractivity contribution in [3.8, 4) is 5.75 Å². The summed E-state index contributed by atoms with van der Waals surface area (Å²) in [5.74, 6) is 0.815. The zero-order chi connectivity index (χ0) is 19.2. The normalized spacial score (nSPS) is 14.9. The zero-order valence-electron chi connectivity index (χ0n) is 15.9. The van der Waals surface area contributed by atoms with E-state index >= 15 is 0 Å². The number of hydrogen-bond donors (Lipinski definition) is 2. The van der Waals surface area contributed by atoms with Gasteiger partial charge < -0.3 is 19.9 Å². The fraction of sp³-hybridized carbons (Fsp3) is 0.381. The Morgan fingerprint density at radius 1 is 1.19 bits per heavy atom. The molecule has 1 heterocycles. The first-order valence-electron chi connectivity index (χ1n) is 9.34. The van der Waals surface area contributed by atoms with Gasteiger partial charge in [0.25, 0.3) is 0 Å². The average molecular weight is 389 g/mol. The molecule has 0 atom stereocenters. The quantitative estimate of drug-likeness (QED) is 0.797. The number of carbonyl (C=O) groups excluding carboxylic acids is 1. The molecule has 2 aromatic rings. The lowest BCUT2D eigenvalue weighted by atomic mass is 10.1. The van der Waals surface area contributed by atoms with E-state index in [-0.39, 0.29) is 5.91 Å². The van der Waals surface area contributed by atoms with E-state index in [1.165, 1.54) is 4.90 Å². The maximum absolute atomic E-state index is 12.5. The number of amides is 1. The lowest BCUT2D eigenvalue weighted by Gasteiger charge is -2.33. The van der Waals surface area contributed by atoms with Gasteiger partial charge in [-0.05, 0) is 42.3 Å². The van der Waals surface area contributed by atoms with Crippen LogP contribution < -0.4 is 19.9 Å². The molecule has 1 aliphatic heterocycles. The van der Waals surface area contributed by atoms with Gasteiger partial charge in [0.1, 0.15) is 5.75 Å². The Hall–Kier alpha value is -2.24. The molecule has 0 bridgehead atoms. The average Bonchev–Trinajstić information content (AvgIpc) is 2.68. The molecule has 0 aromatic heterocycles. The van der Waals surface area contributed by atoms with E-state index in [0.29, 0.717) is 17.9 Å². The third kappa shape index (κ3) is 5.37. The molecule has 6 heteroatoms. The molecule has 3 rings (SSSR count). The fourth-order valence-electron chi connectivity index (χ4n) is 3.28. The lowest BCUT2D eigenvalue weighted by Crippen LogP contribution is -3.12. The van der Waals surface area contributed by atoms with Gasteiger partial charge in [-0.1, -0.05) is 23.7 Å². The molecule has 5 nitrogen and oxygen atoms in total. The van der Waals surface area contributed by atoms with Crippen LogP contribution in [0.5, 0.6) is 5.75 Å². The number of rotatable bonds is 6. The topological polar surface area (TPSA) is 46.0 Å². The Balaban J connectivity index is 1.63. The number of ether oxygens (including phenoxy) is 1. The third-order valence-electron chi connectivity index (χ3n) is 4.99. The van der Waals surface area contributed by atoms with Gasteiger partial charge in [-0.15, -0.1) is 0 Å². The molecule has 0 radical (unpaired) electrons. The number of piperazine rings is 1. The summed E-state index contributed by atoms with van der Waals surface area (Å²) in [6, 6.07) is 13.5. The molecule has 0 saturated carbocycles. The van der Waals surface area contributed by atoms with Crippen molar-refractivity contribution in [1.82, 2.24) is 0 Å². The van der Waals surface area contributed by atoms with Crippen molar-refractivity contribution in [2.45, 2.75) is 12.8 Å². The number of halogens is 1. The van der Waals surface area contributed by atoms with Gasteiger partial charge in [0.05, 0.1) is 51.7 Å². The standard InChI is InChI=1S/C21H26ClN3O2/c1-24-11-13-25(14-12-24)20-9-6-17(22)15-19(20)23-21(26)10-5-16-3-7-18(27-2)8-4-16/h3-4,6-9,15H,5,10-14H2,1-2H3,(H,23,26)/p+1. The van der Waals surface area contributed by atoms with E-state index in [9.17, 15) is 4.79 Å². The number of quaternary nitrogens is 1. The predicted octanol–water partition coefficient (Wildman–Crippen LogP) is 2.25. The SMILES string of the molecule is COc1ccc(CCC(=O)Nc2cc(Cl)ccc2N2CC[NH+](C)CC2)cc1. The highest BCUT2D eigenvalue weighted by Crippen LogP contribution is 2.29. The summed E-state index contributed by atoms with van der Waals surface area (Å²) in [7, 11) is 3.85.